The molecule has 0 fully saturated rings. The Labute approximate surface area is 109 Å². The number of fused-ring (bicyclic) bond motifs is 1. The predicted octanol–water partition coefficient (Wildman–Crippen LogP) is 2.83. The zero-order chi connectivity index (χ0) is 13.1. The third kappa shape index (κ3) is 2.61. The summed E-state index contributed by atoms with van der Waals surface area (Å²) in [7, 11) is 0. The highest BCUT2D eigenvalue weighted by Gasteiger charge is 2.24. The van der Waals surface area contributed by atoms with Gasteiger partial charge < -0.3 is 5.11 Å². The van der Waals surface area contributed by atoms with E-state index in [1.165, 1.54) is 18.1 Å². The average molecular weight is 262 g/mol. The second kappa shape index (κ2) is 5.35. The van der Waals surface area contributed by atoms with E-state index in [1.807, 2.05) is 38.1 Å². The minimum atomic E-state index is -0.808. The van der Waals surface area contributed by atoms with Gasteiger partial charge in [0, 0.05) is 5.39 Å². The minimum Gasteiger partial charge on any atom is -0.480 e. The molecular weight excluding hydrogens is 248 g/mol. The Morgan fingerprint density at radius 1 is 1.28 bits per heavy atom. The summed E-state index contributed by atoms with van der Waals surface area (Å²) in [4.78, 5) is 19.6. The second-order valence-corrected chi connectivity index (χ2v) is 5.45. The molecule has 0 radical (unpaired) electrons. The quantitative estimate of drug-likeness (QED) is 0.678. The summed E-state index contributed by atoms with van der Waals surface area (Å²) in [5.41, 5.74) is 0.836. The van der Waals surface area contributed by atoms with E-state index in [9.17, 15) is 9.90 Å². The van der Waals surface area contributed by atoms with Crippen LogP contribution in [0.3, 0.4) is 0 Å². The van der Waals surface area contributed by atoms with E-state index in [0.29, 0.717) is 0 Å². The van der Waals surface area contributed by atoms with Crippen molar-refractivity contribution in [3.63, 3.8) is 0 Å². The Balaban J connectivity index is 2.39. The number of hydrogen-bond acceptors (Lipinski definition) is 4. The molecule has 94 valence electrons. The predicted molar refractivity (Wildman–Crippen MR) is 71.7 cm³/mol. The molecule has 1 aromatic heterocycles. The van der Waals surface area contributed by atoms with E-state index in [2.05, 4.69) is 9.97 Å². The van der Waals surface area contributed by atoms with Crippen LogP contribution in [-0.4, -0.2) is 26.3 Å². The maximum atomic E-state index is 11.2. The number of thioether (sulfide) groups is 1. The number of aromatic nitrogens is 2. The number of benzene rings is 1. The summed E-state index contributed by atoms with van der Waals surface area (Å²) in [5.74, 6) is -0.765. The first-order valence-electron chi connectivity index (χ1n) is 5.69. The average Bonchev–Trinajstić information content (AvgIpc) is 2.35. The van der Waals surface area contributed by atoms with Crippen molar-refractivity contribution in [1.82, 2.24) is 9.97 Å². The maximum absolute atomic E-state index is 11.2. The summed E-state index contributed by atoms with van der Waals surface area (Å²) in [6.45, 7) is 3.80. The largest absolute Gasteiger partial charge is 0.480 e. The molecule has 0 bridgehead atoms. The molecule has 0 saturated heterocycles. The van der Waals surface area contributed by atoms with Crippen molar-refractivity contribution in [3.05, 3.63) is 30.6 Å². The highest BCUT2D eigenvalue weighted by atomic mass is 32.2. The van der Waals surface area contributed by atoms with E-state index < -0.39 is 11.2 Å². The Morgan fingerprint density at radius 3 is 2.67 bits per heavy atom. The third-order valence-electron chi connectivity index (χ3n) is 2.59. The first-order valence-corrected chi connectivity index (χ1v) is 6.56. The Bertz CT molecular complexity index is 566. The number of nitrogens with zero attached hydrogens (tertiary/aromatic N) is 2. The molecule has 0 amide bonds. The normalized spacial score (nSPS) is 12.8. The van der Waals surface area contributed by atoms with Crippen LogP contribution in [-0.2, 0) is 4.79 Å². The van der Waals surface area contributed by atoms with Gasteiger partial charge in [0.25, 0.3) is 0 Å². The molecule has 1 heterocycles. The van der Waals surface area contributed by atoms with Crippen LogP contribution in [0.2, 0.25) is 0 Å². The van der Waals surface area contributed by atoms with Gasteiger partial charge in [0.15, 0.2) is 0 Å². The number of rotatable bonds is 4. The van der Waals surface area contributed by atoms with Crippen LogP contribution in [0.1, 0.15) is 13.8 Å². The molecule has 0 saturated carbocycles. The van der Waals surface area contributed by atoms with Gasteiger partial charge in [-0.25, -0.2) is 9.97 Å². The van der Waals surface area contributed by atoms with Crippen molar-refractivity contribution in [2.75, 3.05) is 0 Å². The lowest BCUT2D eigenvalue weighted by atomic mass is 10.1. The summed E-state index contributed by atoms with van der Waals surface area (Å²) in [5, 5.41) is 10.3. The van der Waals surface area contributed by atoms with E-state index >= 15 is 0 Å². The van der Waals surface area contributed by atoms with Crippen molar-refractivity contribution >= 4 is 28.6 Å². The Morgan fingerprint density at radius 2 is 2.00 bits per heavy atom. The second-order valence-electron chi connectivity index (χ2n) is 4.32. The summed E-state index contributed by atoms with van der Waals surface area (Å²) >= 11 is 1.28. The third-order valence-corrected chi connectivity index (χ3v) is 4.14. The molecule has 0 spiro atoms. The van der Waals surface area contributed by atoms with E-state index in [4.69, 9.17) is 0 Å². The van der Waals surface area contributed by atoms with Gasteiger partial charge in [-0.05, 0) is 12.0 Å². The van der Waals surface area contributed by atoms with Gasteiger partial charge in [0.2, 0.25) is 0 Å². The molecule has 2 rings (SSSR count). The van der Waals surface area contributed by atoms with Gasteiger partial charge in [-0.3, -0.25) is 4.79 Å². The number of hydrogen-bond donors (Lipinski definition) is 1. The molecule has 4 nitrogen and oxygen atoms in total. The van der Waals surface area contributed by atoms with Gasteiger partial charge in [-0.2, -0.15) is 0 Å². The van der Waals surface area contributed by atoms with Crippen molar-refractivity contribution < 1.29 is 9.90 Å². The summed E-state index contributed by atoms with van der Waals surface area (Å²) in [6, 6.07) is 7.62. The fourth-order valence-electron chi connectivity index (χ4n) is 1.67. The number of carbonyl (C=O) groups is 1. The van der Waals surface area contributed by atoms with Crippen molar-refractivity contribution in [2.24, 2.45) is 5.92 Å². The van der Waals surface area contributed by atoms with Gasteiger partial charge in [0.1, 0.15) is 16.6 Å². The molecule has 18 heavy (non-hydrogen) atoms. The smallest absolute Gasteiger partial charge is 0.317 e. The summed E-state index contributed by atoms with van der Waals surface area (Å²) in [6.07, 6.45) is 1.48. The van der Waals surface area contributed by atoms with E-state index in [-0.39, 0.29) is 5.92 Å². The Hall–Kier alpha value is -1.62. The molecule has 5 heteroatoms. The van der Waals surface area contributed by atoms with Crippen LogP contribution in [0.5, 0.6) is 0 Å². The monoisotopic (exact) mass is 262 g/mol. The van der Waals surface area contributed by atoms with Crippen LogP contribution >= 0.6 is 11.8 Å². The fourth-order valence-corrected chi connectivity index (χ4v) is 2.69. The van der Waals surface area contributed by atoms with Crippen molar-refractivity contribution in [3.8, 4) is 0 Å². The molecule has 1 N–H and O–H groups in total. The van der Waals surface area contributed by atoms with E-state index in [1.54, 1.807) is 0 Å². The molecule has 2 aromatic rings. The highest BCUT2D eigenvalue weighted by molar-refractivity contribution is 8.00. The highest BCUT2D eigenvalue weighted by Crippen LogP contribution is 2.31. The number of carboxylic acids is 1. The SMILES string of the molecule is CC(C)[C@@H](Sc1ncnc2ccccc12)C(=O)O. The zero-order valence-corrected chi connectivity index (χ0v) is 11.0. The maximum Gasteiger partial charge on any atom is 0.317 e. The van der Waals surface area contributed by atoms with Gasteiger partial charge in [-0.1, -0.05) is 43.8 Å². The number of para-hydroxylation sites is 1. The lowest BCUT2D eigenvalue weighted by Crippen LogP contribution is -2.22. The topological polar surface area (TPSA) is 63.1 Å². The van der Waals surface area contributed by atoms with Gasteiger partial charge in [0.05, 0.1) is 5.52 Å². The number of aliphatic carboxylic acids is 1. The fraction of sp³-hybridized carbons (Fsp3) is 0.308. The molecule has 1 atom stereocenters. The van der Waals surface area contributed by atoms with Gasteiger partial charge >= 0.3 is 5.97 Å². The molecular formula is C13H14N2O2S. The van der Waals surface area contributed by atoms with Crippen LogP contribution < -0.4 is 0 Å². The zero-order valence-electron chi connectivity index (χ0n) is 10.2. The molecule has 0 aliphatic heterocycles. The van der Waals surface area contributed by atoms with Crippen LogP contribution in [0.15, 0.2) is 35.6 Å². The van der Waals surface area contributed by atoms with Gasteiger partial charge in [-0.15, -0.1) is 0 Å². The van der Waals surface area contributed by atoms with Crippen LogP contribution in [0.25, 0.3) is 10.9 Å². The van der Waals surface area contributed by atoms with Crippen molar-refractivity contribution in [2.45, 2.75) is 24.1 Å². The first-order chi connectivity index (χ1) is 8.59. The number of carboxylic acid groups (broad SMARTS) is 1. The molecule has 1 aromatic carbocycles. The molecule has 0 aliphatic rings. The standard InChI is InChI=1S/C13H14N2O2S/c1-8(2)11(13(16)17)18-12-9-5-3-4-6-10(9)14-7-15-12/h3-8,11H,1-2H3,(H,16,17)/t11-/m1/s1. The molecule has 0 aliphatic carbocycles. The minimum absolute atomic E-state index is 0.0428. The summed E-state index contributed by atoms with van der Waals surface area (Å²) < 4.78 is 0. The Kier molecular flexibility index (Phi) is 3.81. The van der Waals surface area contributed by atoms with E-state index in [0.717, 1.165) is 15.9 Å². The molecule has 0 unspecified atom stereocenters. The van der Waals surface area contributed by atoms with Crippen LogP contribution in [0.4, 0.5) is 0 Å². The first kappa shape index (κ1) is 12.8. The lowest BCUT2D eigenvalue weighted by molar-refractivity contribution is -0.137. The van der Waals surface area contributed by atoms with Crippen LogP contribution in [0, 0.1) is 5.92 Å². The van der Waals surface area contributed by atoms with Crippen molar-refractivity contribution in [1.29, 1.82) is 0 Å². The lowest BCUT2D eigenvalue weighted by Gasteiger charge is -2.15.